The number of sulfone groups is 1. The summed E-state index contributed by atoms with van der Waals surface area (Å²) in [7, 11) is -3.23. The van der Waals surface area contributed by atoms with Crippen molar-refractivity contribution in [2.75, 3.05) is 11.6 Å². The van der Waals surface area contributed by atoms with Gasteiger partial charge in [0.25, 0.3) is 5.91 Å². The van der Waals surface area contributed by atoms with Crippen LogP contribution in [0.25, 0.3) is 0 Å². The quantitative estimate of drug-likeness (QED) is 0.673. The largest absolute Gasteiger partial charge is 0.345 e. The second kappa shape index (κ2) is 7.63. The molecule has 0 radical (unpaired) electrons. The average Bonchev–Trinajstić information content (AvgIpc) is 3.09. The van der Waals surface area contributed by atoms with Gasteiger partial charge in [-0.2, -0.15) is 0 Å². The third-order valence-electron chi connectivity index (χ3n) is 3.43. The van der Waals surface area contributed by atoms with Crippen molar-refractivity contribution in [2.45, 2.75) is 11.4 Å². The molecule has 0 saturated carbocycles. The van der Waals surface area contributed by atoms with Crippen molar-refractivity contribution >= 4 is 37.9 Å². The highest BCUT2D eigenvalue weighted by atomic mass is 32.2. The van der Waals surface area contributed by atoms with Gasteiger partial charge >= 0.3 is 0 Å². The number of nitrogens with zero attached hydrogens (tertiary/aromatic N) is 2. The van der Waals surface area contributed by atoms with Crippen LogP contribution in [0.5, 0.6) is 0 Å². The molecule has 0 atom stereocenters. The summed E-state index contributed by atoms with van der Waals surface area (Å²) in [5.74, 6) is -0.285. The van der Waals surface area contributed by atoms with Crippen molar-refractivity contribution < 1.29 is 13.2 Å². The standard InChI is InChI=1S/C17H16N4O3S2/c1-26(23,24)14-7-5-12(6-8-14)20-17-21-15(11-25-17)16(22)19-10-13-4-2-3-9-18-13/h2-9,11H,10H2,1H3,(H,19,22)(H,20,21). The van der Waals surface area contributed by atoms with E-state index in [2.05, 4.69) is 20.6 Å². The van der Waals surface area contributed by atoms with Crippen LogP contribution in [0.2, 0.25) is 0 Å². The molecule has 7 nitrogen and oxygen atoms in total. The molecule has 3 aromatic rings. The van der Waals surface area contributed by atoms with E-state index in [-0.39, 0.29) is 10.8 Å². The molecule has 2 aromatic heterocycles. The van der Waals surface area contributed by atoms with Crippen molar-refractivity contribution in [3.8, 4) is 0 Å². The highest BCUT2D eigenvalue weighted by Crippen LogP contribution is 2.22. The van der Waals surface area contributed by atoms with Gasteiger partial charge in [0.15, 0.2) is 15.0 Å². The summed E-state index contributed by atoms with van der Waals surface area (Å²) < 4.78 is 22.9. The fraction of sp³-hybridized carbons (Fsp3) is 0.118. The number of carbonyl (C=O) groups is 1. The lowest BCUT2D eigenvalue weighted by Gasteiger charge is -2.04. The fourth-order valence-corrected chi connectivity index (χ4v) is 3.45. The average molecular weight is 388 g/mol. The van der Waals surface area contributed by atoms with Crippen LogP contribution in [-0.4, -0.2) is 30.5 Å². The van der Waals surface area contributed by atoms with Gasteiger partial charge < -0.3 is 10.6 Å². The predicted octanol–water partition coefficient (Wildman–Crippen LogP) is 2.62. The lowest BCUT2D eigenvalue weighted by Crippen LogP contribution is -2.23. The Labute approximate surface area is 155 Å². The molecule has 9 heteroatoms. The van der Waals surface area contributed by atoms with E-state index in [1.165, 1.54) is 23.5 Å². The molecule has 0 spiro atoms. The Kier molecular flexibility index (Phi) is 5.29. The third-order valence-corrected chi connectivity index (χ3v) is 5.31. The van der Waals surface area contributed by atoms with Crippen molar-refractivity contribution in [1.29, 1.82) is 0 Å². The zero-order valence-electron chi connectivity index (χ0n) is 13.8. The summed E-state index contributed by atoms with van der Waals surface area (Å²) in [6.45, 7) is 0.326. The van der Waals surface area contributed by atoms with E-state index in [4.69, 9.17) is 0 Å². The van der Waals surface area contributed by atoms with E-state index in [9.17, 15) is 13.2 Å². The molecule has 1 aromatic carbocycles. The molecule has 134 valence electrons. The van der Waals surface area contributed by atoms with Gasteiger partial charge in [-0.3, -0.25) is 9.78 Å². The summed E-state index contributed by atoms with van der Waals surface area (Å²) in [4.78, 5) is 20.8. The number of carbonyl (C=O) groups excluding carboxylic acids is 1. The molecule has 0 aliphatic carbocycles. The highest BCUT2D eigenvalue weighted by molar-refractivity contribution is 7.90. The minimum absolute atomic E-state index is 0.247. The predicted molar refractivity (Wildman–Crippen MR) is 100 cm³/mol. The van der Waals surface area contributed by atoms with Crippen LogP contribution in [0, 0.1) is 0 Å². The molecule has 2 heterocycles. The number of benzene rings is 1. The maximum Gasteiger partial charge on any atom is 0.271 e. The monoisotopic (exact) mass is 388 g/mol. The van der Waals surface area contributed by atoms with Gasteiger partial charge in [0.1, 0.15) is 5.69 Å². The van der Waals surface area contributed by atoms with Gasteiger partial charge in [-0.25, -0.2) is 13.4 Å². The summed E-state index contributed by atoms with van der Waals surface area (Å²) in [5, 5.41) is 8.01. The number of aromatic nitrogens is 2. The maximum absolute atomic E-state index is 12.1. The van der Waals surface area contributed by atoms with Crippen LogP contribution in [0.3, 0.4) is 0 Å². The maximum atomic E-state index is 12.1. The SMILES string of the molecule is CS(=O)(=O)c1ccc(Nc2nc(C(=O)NCc3ccccn3)cs2)cc1. The Bertz CT molecular complexity index is 1000. The van der Waals surface area contributed by atoms with Crippen molar-refractivity contribution in [1.82, 2.24) is 15.3 Å². The molecule has 2 N–H and O–H groups in total. The molecule has 26 heavy (non-hydrogen) atoms. The van der Waals surface area contributed by atoms with Crippen LogP contribution < -0.4 is 10.6 Å². The fourth-order valence-electron chi connectivity index (χ4n) is 2.11. The van der Waals surface area contributed by atoms with Crippen molar-refractivity contribution in [2.24, 2.45) is 0 Å². The van der Waals surface area contributed by atoms with Crippen LogP contribution >= 0.6 is 11.3 Å². The number of rotatable bonds is 6. The molecule has 0 aliphatic heterocycles. The van der Waals surface area contributed by atoms with Gasteiger partial charge in [-0.1, -0.05) is 6.07 Å². The van der Waals surface area contributed by atoms with E-state index < -0.39 is 9.84 Å². The van der Waals surface area contributed by atoms with Crippen molar-refractivity contribution in [3.05, 3.63) is 65.4 Å². The van der Waals surface area contributed by atoms with Gasteiger partial charge in [0.05, 0.1) is 17.1 Å². The van der Waals surface area contributed by atoms with E-state index in [1.807, 2.05) is 18.2 Å². The van der Waals surface area contributed by atoms with Crippen LogP contribution in [0.1, 0.15) is 16.2 Å². The molecule has 0 saturated heterocycles. The lowest BCUT2D eigenvalue weighted by atomic mass is 10.3. The molecule has 3 rings (SSSR count). The first-order chi connectivity index (χ1) is 12.4. The zero-order chi connectivity index (χ0) is 18.6. The van der Waals surface area contributed by atoms with Gasteiger partial charge in [-0.05, 0) is 36.4 Å². The molecular formula is C17H16N4O3S2. The summed E-state index contributed by atoms with van der Waals surface area (Å²) in [5.41, 5.74) is 1.76. The summed E-state index contributed by atoms with van der Waals surface area (Å²) in [6.07, 6.45) is 2.83. The Balaban J connectivity index is 1.61. The third kappa shape index (κ3) is 4.64. The van der Waals surface area contributed by atoms with Gasteiger partial charge in [0, 0.05) is 23.5 Å². The van der Waals surface area contributed by atoms with Crippen LogP contribution in [-0.2, 0) is 16.4 Å². The molecule has 0 bridgehead atoms. The summed E-state index contributed by atoms with van der Waals surface area (Å²) >= 11 is 1.29. The number of amides is 1. The first-order valence-corrected chi connectivity index (χ1v) is 10.4. The smallest absolute Gasteiger partial charge is 0.271 e. The van der Waals surface area contributed by atoms with E-state index in [0.29, 0.717) is 23.1 Å². The topological polar surface area (TPSA) is 101 Å². The molecular weight excluding hydrogens is 372 g/mol. The number of anilines is 2. The summed E-state index contributed by atoms with van der Waals surface area (Å²) in [6, 6.07) is 11.8. The molecule has 1 amide bonds. The van der Waals surface area contributed by atoms with E-state index in [1.54, 1.807) is 23.7 Å². The first kappa shape index (κ1) is 18.0. The van der Waals surface area contributed by atoms with Crippen molar-refractivity contribution in [3.63, 3.8) is 0 Å². The molecule has 0 unspecified atom stereocenters. The Morgan fingerprint density at radius 2 is 1.92 bits per heavy atom. The number of hydrogen-bond donors (Lipinski definition) is 2. The van der Waals surface area contributed by atoms with E-state index >= 15 is 0 Å². The lowest BCUT2D eigenvalue weighted by molar-refractivity contribution is 0.0946. The normalized spacial score (nSPS) is 11.1. The highest BCUT2D eigenvalue weighted by Gasteiger charge is 2.11. The van der Waals surface area contributed by atoms with Crippen LogP contribution in [0.15, 0.2) is 58.9 Å². The van der Waals surface area contributed by atoms with E-state index in [0.717, 1.165) is 11.9 Å². The van der Waals surface area contributed by atoms with Gasteiger partial charge in [0.2, 0.25) is 0 Å². The molecule has 0 fully saturated rings. The van der Waals surface area contributed by atoms with Gasteiger partial charge in [-0.15, -0.1) is 11.3 Å². The zero-order valence-corrected chi connectivity index (χ0v) is 15.5. The molecule has 0 aliphatic rings. The first-order valence-electron chi connectivity index (χ1n) is 7.62. The number of thiazole rings is 1. The Hall–Kier alpha value is -2.78. The minimum Gasteiger partial charge on any atom is -0.345 e. The number of pyridine rings is 1. The second-order valence-corrected chi connectivity index (χ2v) is 8.34. The Morgan fingerprint density at radius 3 is 2.58 bits per heavy atom. The minimum atomic E-state index is -3.23. The van der Waals surface area contributed by atoms with Crippen LogP contribution in [0.4, 0.5) is 10.8 Å². The number of hydrogen-bond acceptors (Lipinski definition) is 7. The second-order valence-electron chi connectivity index (χ2n) is 5.46. The Morgan fingerprint density at radius 1 is 1.15 bits per heavy atom. The number of nitrogens with one attached hydrogen (secondary N) is 2.